The van der Waals surface area contributed by atoms with Crippen LogP contribution in [0.5, 0.6) is 11.5 Å². The van der Waals surface area contributed by atoms with E-state index in [4.69, 9.17) is 4.74 Å². The quantitative estimate of drug-likeness (QED) is 0.167. The predicted octanol–water partition coefficient (Wildman–Crippen LogP) is 14.0. The Morgan fingerprint density at radius 2 is 0.919 bits per heavy atom. The summed E-state index contributed by atoms with van der Waals surface area (Å²) in [6.07, 6.45) is 0. The van der Waals surface area contributed by atoms with Crippen LogP contribution in [-0.2, 0) is 14.9 Å². The molecular formula is C56H37N3O2S. The van der Waals surface area contributed by atoms with E-state index in [9.17, 15) is 0 Å². The van der Waals surface area contributed by atoms with Crippen molar-refractivity contribution in [1.82, 2.24) is 4.57 Å². The molecule has 5 nitrogen and oxygen atoms in total. The van der Waals surface area contributed by atoms with Gasteiger partial charge in [-0.25, -0.2) is 0 Å². The highest BCUT2D eigenvalue weighted by Gasteiger charge is 2.53. The second-order valence-electron chi connectivity index (χ2n) is 16.2. The van der Waals surface area contributed by atoms with Crippen LogP contribution in [0.3, 0.4) is 0 Å². The molecule has 9 aromatic carbocycles. The molecule has 0 bridgehead atoms. The molecule has 0 aliphatic carbocycles. The summed E-state index contributed by atoms with van der Waals surface area (Å²) in [6.45, 7) is 0. The summed E-state index contributed by atoms with van der Waals surface area (Å²) in [6, 6.07) is 74.5. The number of aromatic nitrogens is 1. The maximum atomic E-state index is 15.8. The second-order valence-corrected chi connectivity index (χ2v) is 18.4. The van der Waals surface area contributed by atoms with Crippen molar-refractivity contribution < 1.29 is 8.95 Å². The lowest BCUT2D eigenvalue weighted by Crippen LogP contribution is -2.42. The van der Waals surface area contributed by atoms with Crippen LogP contribution in [-0.4, -0.2) is 14.6 Å². The topological polar surface area (TPSA) is 37.7 Å². The number of rotatable bonds is 3. The Bertz CT molecular complexity index is 3500. The van der Waals surface area contributed by atoms with Crippen molar-refractivity contribution in [3.05, 3.63) is 235 Å². The highest BCUT2D eigenvalue weighted by Crippen LogP contribution is 2.63. The summed E-state index contributed by atoms with van der Waals surface area (Å²) in [5.41, 5.74) is 12.6. The van der Waals surface area contributed by atoms with Crippen molar-refractivity contribution in [2.24, 2.45) is 0 Å². The minimum Gasteiger partial charge on any atom is -0.453 e. The Labute approximate surface area is 360 Å². The number of hydrogen-bond donors (Lipinski definition) is 0. The molecule has 0 saturated carbocycles. The molecule has 0 fully saturated rings. The zero-order chi connectivity index (χ0) is 41.2. The first-order valence-electron chi connectivity index (χ1n) is 20.9. The van der Waals surface area contributed by atoms with Gasteiger partial charge in [-0.1, -0.05) is 121 Å². The molecule has 0 radical (unpaired) electrons. The van der Waals surface area contributed by atoms with Gasteiger partial charge in [0.15, 0.2) is 11.5 Å². The first-order valence-corrected chi connectivity index (χ1v) is 22.6. The summed E-state index contributed by atoms with van der Waals surface area (Å²) in [5.74, 6) is 6.24. The van der Waals surface area contributed by atoms with Gasteiger partial charge in [-0.15, -0.1) is 0 Å². The Balaban J connectivity index is 1.14. The van der Waals surface area contributed by atoms with Crippen molar-refractivity contribution in [2.75, 3.05) is 9.80 Å². The van der Waals surface area contributed by atoms with Crippen molar-refractivity contribution in [2.45, 2.75) is 15.2 Å². The monoisotopic (exact) mass is 815 g/mol. The lowest BCUT2D eigenvalue weighted by molar-refractivity contribution is 0.477. The molecule has 62 heavy (non-hydrogen) atoms. The highest BCUT2D eigenvalue weighted by molar-refractivity contribution is 8.00. The Morgan fingerprint density at radius 3 is 1.60 bits per heavy atom. The Morgan fingerprint density at radius 1 is 0.419 bits per heavy atom. The zero-order valence-corrected chi connectivity index (χ0v) is 34.3. The van der Waals surface area contributed by atoms with Crippen molar-refractivity contribution in [3.63, 3.8) is 0 Å². The second kappa shape index (κ2) is 12.9. The maximum Gasteiger partial charge on any atom is 0.151 e. The van der Waals surface area contributed by atoms with Crippen LogP contribution in [0.25, 0.3) is 27.5 Å². The van der Waals surface area contributed by atoms with E-state index < -0.39 is 14.9 Å². The molecule has 0 N–H and O–H groups in total. The summed E-state index contributed by atoms with van der Waals surface area (Å²) in [4.78, 5) is 6.17. The lowest BCUT2D eigenvalue weighted by Gasteiger charge is -2.49. The van der Waals surface area contributed by atoms with Gasteiger partial charge in [0.1, 0.15) is 0 Å². The third-order valence-electron chi connectivity index (χ3n) is 13.1. The summed E-state index contributed by atoms with van der Waals surface area (Å²) < 4.78 is 24.5. The van der Waals surface area contributed by atoms with E-state index in [0.29, 0.717) is 0 Å². The number of fused-ring (bicyclic) bond motifs is 14. The Kier molecular flexibility index (Phi) is 7.26. The van der Waals surface area contributed by atoms with E-state index in [-0.39, 0.29) is 0 Å². The van der Waals surface area contributed by atoms with Crippen LogP contribution in [0.4, 0.5) is 34.1 Å². The maximum absolute atomic E-state index is 15.8. The molecule has 294 valence electrons. The highest BCUT2D eigenvalue weighted by atomic mass is 32.2. The zero-order valence-electron chi connectivity index (χ0n) is 33.5. The van der Waals surface area contributed by atoms with Gasteiger partial charge < -0.3 is 19.1 Å². The van der Waals surface area contributed by atoms with E-state index in [1.165, 1.54) is 0 Å². The number of nitrogens with zero attached hydrogens (tertiary/aromatic N) is 3. The van der Waals surface area contributed by atoms with Crippen LogP contribution in [0.15, 0.2) is 222 Å². The molecule has 3 aliphatic heterocycles. The van der Waals surface area contributed by atoms with E-state index in [1.807, 2.05) is 48.5 Å². The predicted molar refractivity (Wildman–Crippen MR) is 254 cm³/mol. The van der Waals surface area contributed by atoms with Gasteiger partial charge in [0.2, 0.25) is 0 Å². The summed E-state index contributed by atoms with van der Waals surface area (Å²) >= 11 is 0. The van der Waals surface area contributed by atoms with Crippen molar-refractivity contribution in [3.8, 4) is 17.2 Å². The molecule has 1 atom stereocenters. The number of ether oxygens (including phenoxy) is 1. The molecule has 1 aromatic heterocycles. The van der Waals surface area contributed by atoms with E-state index in [1.54, 1.807) is 0 Å². The average Bonchev–Trinajstić information content (AvgIpc) is 3.67. The number of hydrogen-bond acceptors (Lipinski definition) is 4. The lowest BCUT2D eigenvalue weighted by atomic mass is 9.61. The SMILES string of the molecule is C=S1(=O)c2ccccc2C2(c3ccccc3N(c3ccccc3)c3ccccc32)c2c1ccc1c3ccccc3n(-c3ccc(N4c5ccccc5Oc5ccccc54)cc3)c21. The largest absolute Gasteiger partial charge is 0.453 e. The fraction of sp³-hybridized carbons (Fsp3) is 0.0179. The minimum atomic E-state index is -3.00. The molecule has 13 rings (SSSR count). The molecule has 1 unspecified atom stereocenters. The third kappa shape index (κ3) is 4.56. The molecule has 10 aromatic rings. The van der Waals surface area contributed by atoms with Gasteiger partial charge in [0.05, 0.1) is 39.2 Å². The molecular weight excluding hydrogens is 779 g/mol. The summed E-state index contributed by atoms with van der Waals surface area (Å²) in [7, 11) is -3.00. The molecule has 0 amide bonds. The van der Waals surface area contributed by atoms with Gasteiger partial charge in [0.25, 0.3) is 0 Å². The van der Waals surface area contributed by atoms with Crippen molar-refractivity contribution >= 4 is 71.3 Å². The number of benzene rings is 9. The van der Waals surface area contributed by atoms with Crippen LogP contribution in [0.2, 0.25) is 0 Å². The molecule has 1 spiro atoms. The number of anilines is 6. The van der Waals surface area contributed by atoms with Gasteiger partial charge in [0, 0.05) is 52.7 Å². The fourth-order valence-corrected chi connectivity index (χ4v) is 12.6. The van der Waals surface area contributed by atoms with Crippen LogP contribution in [0.1, 0.15) is 22.3 Å². The van der Waals surface area contributed by atoms with E-state index in [2.05, 4.69) is 184 Å². The minimum absolute atomic E-state index is 0.753. The van der Waals surface area contributed by atoms with Crippen molar-refractivity contribution in [1.29, 1.82) is 0 Å². The van der Waals surface area contributed by atoms with Crippen LogP contribution in [0, 0.1) is 0 Å². The van der Waals surface area contributed by atoms with Gasteiger partial charge in [-0.3, -0.25) is 4.21 Å². The van der Waals surface area contributed by atoms with Gasteiger partial charge in [-0.2, -0.15) is 0 Å². The molecule has 6 heteroatoms. The number of para-hydroxylation sites is 8. The molecule has 3 aliphatic rings. The molecule has 0 saturated heterocycles. The summed E-state index contributed by atoms with van der Waals surface area (Å²) in [5, 5.41) is 2.21. The molecule has 4 heterocycles. The van der Waals surface area contributed by atoms with Crippen LogP contribution >= 0.6 is 0 Å². The first-order chi connectivity index (χ1) is 30.5. The normalized spacial score (nSPS) is 16.5. The van der Waals surface area contributed by atoms with E-state index >= 15 is 4.21 Å². The third-order valence-corrected chi connectivity index (χ3v) is 15.2. The standard InChI is InChI=1S/C56H37N3O2S/c1-62(60)52-30-16-8-22-44(52)56(42-20-6-10-24-46(42)57(37-17-3-2-4-18-37)47-25-11-7-21-43(47)56)54-53(62)36-35-41-40-19-5-9-23-45(40)59(55(41)54)39-33-31-38(32-34-39)58-48-26-12-14-28-50(48)61-51-29-15-13-27-49(51)58/h2-36H,1H2. The van der Waals surface area contributed by atoms with E-state index in [0.717, 1.165) is 105 Å². The first kappa shape index (κ1) is 35.0. The Hall–Kier alpha value is -7.80. The average molecular weight is 816 g/mol. The smallest absolute Gasteiger partial charge is 0.151 e. The van der Waals surface area contributed by atoms with Gasteiger partial charge >= 0.3 is 0 Å². The van der Waals surface area contributed by atoms with Crippen LogP contribution < -0.4 is 14.5 Å². The van der Waals surface area contributed by atoms with Gasteiger partial charge in [-0.05, 0) is 114 Å². The fourth-order valence-electron chi connectivity index (χ4n) is 10.7.